The molecule has 0 radical (unpaired) electrons. The first-order valence-corrected chi connectivity index (χ1v) is 8.12. The van der Waals surface area contributed by atoms with Crippen molar-refractivity contribution in [2.75, 3.05) is 0 Å². The number of carbonyl (C=O) groups is 1. The Hall–Kier alpha value is -2.54. The zero-order valence-electron chi connectivity index (χ0n) is 13.2. The van der Waals surface area contributed by atoms with Gasteiger partial charge in [0.25, 0.3) is 5.56 Å². The Morgan fingerprint density at radius 2 is 2.17 bits per heavy atom. The van der Waals surface area contributed by atoms with E-state index < -0.39 is 11.8 Å². The molecule has 0 atom stereocenters. The number of nitrogens with zero attached hydrogens (tertiary/aromatic N) is 2. The van der Waals surface area contributed by atoms with Gasteiger partial charge in [0.1, 0.15) is 23.8 Å². The molecule has 0 amide bonds. The third-order valence-electron chi connectivity index (χ3n) is 3.74. The summed E-state index contributed by atoms with van der Waals surface area (Å²) in [5.74, 6) is -0.968. The van der Waals surface area contributed by atoms with Crippen molar-refractivity contribution < 1.29 is 13.9 Å². The molecule has 0 spiro atoms. The van der Waals surface area contributed by atoms with Crippen molar-refractivity contribution in [2.24, 2.45) is 0 Å². The highest BCUT2D eigenvalue weighted by molar-refractivity contribution is 7.18. The lowest BCUT2D eigenvalue weighted by Gasteiger charge is -2.07. The summed E-state index contributed by atoms with van der Waals surface area (Å²) < 4.78 is 19.4. The highest BCUT2D eigenvalue weighted by atomic mass is 32.1. The number of rotatable bonds is 4. The molecule has 124 valence electrons. The molecule has 0 unspecified atom stereocenters. The van der Waals surface area contributed by atoms with Gasteiger partial charge in [0.05, 0.1) is 11.7 Å². The summed E-state index contributed by atoms with van der Waals surface area (Å²) in [6.07, 6.45) is 1.35. The number of aromatic nitrogens is 2. The molecule has 0 aliphatic heterocycles. The third-order valence-corrected chi connectivity index (χ3v) is 4.86. The van der Waals surface area contributed by atoms with E-state index in [1.54, 1.807) is 12.1 Å². The van der Waals surface area contributed by atoms with Gasteiger partial charge in [-0.25, -0.2) is 9.37 Å². The maximum atomic E-state index is 13.1. The predicted octanol–water partition coefficient (Wildman–Crippen LogP) is 2.96. The summed E-state index contributed by atoms with van der Waals surface area (Å²) in [5, 5.41) is 0.540. The van der Waals surface area contributed by atoms with E-state index in [-0.39, 0.29) is 18.7 Å². The highest BCUT2D eigenvalue weighted by Gasteiger charge is 2.14. The van der Waals surface area contributed by atoms with E-state index >= 15 is 0 Å². The largest absolute Gasteiger partial charge is 0.459 e. The van der Waals surface area contributed by atoms with Gasteiger partial charge in [0.15, 0.2) is 0 Å². The summed E-state index contributed by atoms with van der Waals surface area (Å²) in [5.41, 5.74) is 1.17. The van der Waals surface area contributed by atoms with Crippen LogP contribution < -0.4 is 5.56 Å². The van der Waals surface area contributed by atoms with Crippen LogP contribution >= 0.6 is 11.3 Å². The topological polar surface area (TPSA) is 61.2 Å². The molecular weight excluding hydrogens is 331 g/mol. The zero-order chi connectivity index (χ0) is 17.3. The van der Waals surface area contributed by atoms with Gasteiger partial charge in [-0.05, 0) is 37.1 Å². The van der Waals surface area contributed by atoms with Crippen molar-refractivity contribution in [3.63, 3.8) is 0 Å². The minimum absolute atomic E-state index is 0.0440. The maximum absolute atomic E-state index is 13.1. The Morgan fingerprint density at radius 3 is 2.92 bits per heavy atom. The molecule has 3 aromatic rings. The fraction of sp³-hybridized carbons (Fsp3) is 0.235. The minimum atomic E-state index is -0.577. The summed E-state index contributed by atoms with van der Waals surface area (Å²) in [7, 11) is 0. The van der Waals surface area contributed by atoms with Gasteiger partial charge < -0.3 is 4.74 Å². The van der Waals surface area contributed by atoms with E-state index in [1.807, 2.05) is 13.8 Å². The number of hydrogen-bond donors (Lipinski definition) is 0. The van der Waals surface area contributed by atoms with Crippen LogP contribution in [0.15, 0.2) is 35.4 Å². The quantitative estimate of drug-likeness (QED) is 0.682. The number of hydrogen-bond acceptors (Lipinski definition) is 5. The van der Waals surface area contributed by atoms with Crippen molar-refractivity contribution in [1.82, 2.24) is 9.55 Å². The number of thiophene rings is 1. The van der Waals surface area contributed by atoms with E-state index in [9.17, 15) is 14.0 Å². The van der Waals surface area contributed by atoms with Gasteiger partial charge in [-0.3, -0.25) is 14.2 Å². The van der Waals surface area contributed by atoms with Gasteiger partial charge in [0, 0.05) is 4.88 Å². The fourth-order valence-corrected chi connectivity index (χ4v) is 3.35. The number of benzene rings is 1. The standard InChI is InChI=1S/C17H15FN2O3S/c1-10-11(2)24-16-15(10)17(22)20(9-19-16)7-14(21)23-8-12-4-3-5-13(18)6-12/h3-6,9H,7-8H2,1-2H3. The van der Waals surface area contributed by atoms with Gasteiger partial charge in [-0.15, -0.1) is 11.3 Å². The molecule has 0 aliphatic rings. The number of esters is 1. The highest BCUT2D eigenvalue weighted by Crippen LogP contribution is 2.25. The molecule has 0 N–H and O–H groups in total. The molecule has 0 saturated heterocycles. The van der Waals surface area contributed by atoms with Crippen LogP contribution in [-0.2, 0) is 22.7 Å². The second-order valence-corrected chi connectivity index (χ2v) is 6.63. The van der Waals surface area contributed by atoms with Crippen LogP contribution in [0.3, 0.4) is 0 Å². The number of aryl methyl sites for hydroxylation is 2. The Balaban J connectivity index is 1.75. The lowest BCUT2D eigenvalue weighted by Crippen LogP contribution is -2.25. The summed E-state index contributed by atoms with van der Waals surface area (Å²) >= 11 is 1.45. The number of fused-ring (bicyclic) bond motifs is 1. The molecule has 3 rings (SSSR count). The maximum Gasteiger partial charge on any atom is 0.326 e. The molecule has 5 nitrogen and oxygen atoms in total. The van der Waals surface area contributed by atoms with Crippen LogP contribution in [0.1, 0.15) is 16.0 Å². The van der Waals surface area contributed by atoms with Crippen LogP contribution in [0.4, 0.5) is 4.39 Å². The van der Waals surface area contributed by atoms with Crippen LogP contribution in [0.25, 0.3) is 10.2 Å². The van der Waals surface area contributed by atoms with Crippen LogP contribution in [0, 0.1) is 19.7 Å². The fourth-order valence-electron chi connectivity index (χ4n) is 2.36. The monoisotopic (exact) mass is 346 g/mol. The second-order valence-electron chi connectivity index (χ2n) is 5.43. The van der Waals surface area contributed by atoms with Crippen LogP contribution in [0.2, 0.25) is 0 Å². The van der Waals surface area contributed by atoms with Crippen molar-refractivity contribution in [2.45, 2.75) is 27.0 Å². The molecule has 2 heterocycles. The number of halogens is 1. The van der Waals surface area contributed by atoms with Gasteiger partial charge in [-0.2, -0.15) is 0 Å². The average molecular weight is 346 g/mol. The van der Waals surface area contributed by atoms with Gasteiger partial charge >= 0.3 is 5.97 Å². The number of ether oxygens (including phenoxy) is 1. The molecule has 0 bridgehead atoms. The third kappa shape index (κ3) is 3.21. The molecular formula is C17H15FN2O3S. The minimum Gasteiger partial charge on any atom is -0.459 e. The lowest BCUT2D eigenvalue weighted by atomic mass is 10.2. The van der Waals surface area contributed by atoms with E-state index in [2.05, 4.69) is 4.98 Å². The summed E-state index contributed by atoms with van der Waals surface area (Å²) in [6, 6.07) is 5.82. The molecule has 0 fully saturated rings. The molecule has 0 aliphatic carbocycles. The molecule has 7 heteroatoms. The van der Waals surface area contributed by atoms with Crippen molar-refractivity contribution in [3.05, 3.63) is 62.8 Å². The Morgan fingerprint density at radius 1 is 1.38 bits per heavy atom. The van der Waals surface area contributed by atoms with Crippen LogP contribution in [0.5, 0.6) is 0 Å². The van der Waals surface area contributed by atoms with Crippen LogP contribution in [-0.4, -0.2) is 15.5 Å². The van der Waals surface area contributed by atoms with Crippen molar-refractivity contribution in [3.8, 4) is 0 Å². The van der Waals surface area contributed by atoms with E-state index in [4.69, 9.17) is 4.74 Å². The van der Waals surface area contributed by atoms with Crippen molar-refractivity contribution in [1.29, 1.82) is 0 Å². The van der Waals surface area contributed by atoms with E-state index in [1.165, 1.54) is 34.4 Å². The zero-order valence-corrected chi connectivity index (χ0v) is 14.0. The molecule has 1 aromatic carbocycles. The van der Waals surface area contributed by atoms with Gasteiger partial charge in [-0.1, -0.05) is 12.1 Å². The SMILES string of the molecule is Cc1sc2ncn(CC(=O)OCc3cccc(F)c3)c(=O)c2c1C. The van der Waals surface area contributed by atoms with E-state index in [0.717, 1.165) is 10.4 Å². The average Bonchev–Trinajstić information content (AvgIpc) is 2.84. The smallest absolute Gasteiger partial charge is 0.326 e. The Bertz CT molecular complexity index is 978. The van der Waals surface area contributed by atoms with E-state index in [0.29, 0.717) is 15.8 Å². The first-order valence-electron chi connectivity index (χ1n) is 7.31. The molecule has 2 aromatic heterocycles. The predicted molar refractivity (Wildman–Crippen MR) is 89.6 cm³/mol. The first kappa shape index (κ1) is 16.3. The normalized spacial score (nSPS) is 11.0. The Kier molecular flexibility index (Phi) is 4.44. The lowest BCUT2D eigenvalue weighted by molar-refractivity contribution is -0.145. The summed E-state index contributed by atoms with van der Waals surface area (Å²) in [4.78, 5) is 30.4. The first-order chi connectivity index (χ1) is 11.5. The Labute approximate surface area is 141 Å². The van der Waals surface area contributed by atoms with Crippen molar-refractivity contribution >= 4 is 27.5 Å². The summed E-state index contributed by atoms with van der Waals surface area (Å²) in [6.45, 7) is 3.52. The van der Waals surface area contributed by atoms with Gasteiger partial charge in [0.2, 0.25) is 0 Å². The molecule has 24 heavy (non-hydrogen) atoms. The molecule has 0 saturated carbocycles. The second kappa shape index (κ2) is 6.52. The number of carbonyl (C=O) groups excluding carboxylic acids is 1.